The Hall–Kier alpha value is -2.67. The monoisotopic (exact) mass is 308 g/mol. The third-order valence-corrected chi connectivity index (χ3v) is 4.56. The molecule has 2 aromatic carbocycles. The van der Waals surface area contributed by atoms with Crippen molar-refractivity contribution in [3.63, 3.8) is 0 Å². The number of carbonyl (C=O) groups is 1. The number of rotatable bonds is 4. The molecule has 0 atom stereocenters. The molecule has 1 aliphatic carbocycles. The highest BCUT2D eigenvalue weighted by Gasteiger charge is 2.45. The summed E-state index contributed by atoms with van der Waals surface area (Å²) in [6.45, 7) is 0.404. The number of hydrogen-bond acceptors (Lipinski definition) is 2. The van der Waals surface area contributed by atoms with Gasteiger partial charge in [0.15, 0.2) is 0 Å². The largest absolute Gasteiger partial charge is 0.351 e. The minimum Gasteiger partial charge on any atom is -0.351 e. The average Bonchev–Trinajstić information content (AvgIpc) is 2.52. The van der Waals surface area contributed by atoms with Gasteiger partial charge in [0.1, 0.15) is 5.82 Å². The predicted octanol–water partition coefficient (Wildman–Crippen LogP) is 3.44. The van der Waals surface area contributed by atoms with E-state index in [1.54, 1.807) is 18.2 Å². The molecule has 1 N–H and O–H groups in total. The summed E-state index contributed by atoms with van der Waals surface area (Å²) in [6, 6.07) is 15.5. The third kappa shape index (κ3) is 2.95. The number of nitrogens with one attached hydrogen (secondary N) is 1. The Bertz CT molecular complexity index is 758. The van der Waals surface area contributed by atoms with E-state index in [2.05, 4.69) is 11.4 Å². The van der Waals surface area contributed by atoms with Crippen molar-refractivity contribution in [2.75, 3.05) is 0 Å². The van der Waals surface area contributed by atoms with E-state index in [1.165, 1.54) is 12.1 Å². The molecule has 3 nitrogen and oxygen atoms in total. The molecule has 0 unspecified atom stereocenters. The number of halogens is 1. The van der Waals surface area contributed by atoms with Gasteiger partial charge >= 0.3 is 0 Å². The molecule has 0 heterocycles. The minimum absolute atomic E-state index is 0.0568. The summed E-state index contributed by atoms with van der Waals surface area (Å²) in [5.74, 6) is -0.368. The van der Waals surface area contributed by atoms with Crippen molar-refractivity contribution in [2.45, 2.75) is 31.2 Å². The van der Waals surface area contributed by atoms with Gasteiger partial charge in [-0.05, 0) is 48.2 Å². The summed E-state index contributed by atoms with van der Waals surface area (Å²) in [5.41, 5.74) is 1.68. The minimum atomic E-state index is -0.602. The normalized spacial score (nSPS) is 15.3. The van der Waals surface area contributed by atoms with Crippen LogP contribution in [0.5, 0.6) is 0 Å². The zero-order valence-electron chi connectivity index (χ0n) is 12.7. The lowest BCUT2D eigenvalue weighted by Crippen LogP contribution is -2.49. The first-order chi connectivity index (χ1) is 11.1. The van der Waals surface area contributed by atoms with Gasteiger partial charge in [-0.3, -0.25) is 4.79 Å². The van der Waals surface area contributed by atoms with Gasteiger partial charge in [0.2, 0.25) is 5.91 Å². The second kappa shape index (κ2) is 6.21. The molecule has 0 spiro atoms. The maximum Gasteiger partial charge on any atom is 0.230 e. The van der Waals surface area contributed by atoms with Crippen LogP contribution in [0.2, 0.25) is 0 Å². The maximum absolute atomic E-state index is 13.5. The fourth-order valence-electron chi connectivity index (χ4n) is 3.01. The van der Waals surface area contributed by atoms with Crippen LogP contribution in [-0.4, -0.2) is 5.91 Å². The second-order valence-corrected chi connectivity index (χ2v) is 5.94. The molecule has 0 saturated heterocycles. The van der Waals surface area contributed by atoms with Crippen LogP contribution in [-0.2, 0) is 16.8 Å². The number of hydrogen-bond donors (Lipinski definition) is 1. The first-order valence-corrected chi connectivity index (χ1v) is 7.67. The SMILES string of the molecule is N#Cc1ccc(CNC(=O)C2(c3cccc(F)c3)CCC2)cc1. The van der Waals surface area contributed by atoms with E-state index in [1.807, 2.05) is 18.2 Å². The summed E-state index contributed by atoms with van der Waals surface area (Å²) >= 11 is 0. The van der Waals surface area contributed by atoms with Gasteiger partial charge in [-0.25, -0.2) is 4.39 Å². The van der Waals surface area contributed by atoms with Gasteiger partial charge in [-0.2, -0.15) is 5.26 Å². The molecule has 3 rings (SSSR count). The zero-order valence-corrected chi connectivity index (χ0v) is 12.7. The van der Waals surface area contributed by atoms with Crippen LogP contribution < -0.4 is 5.32 Å². The van der Waals surface area contributed by atoms with Crippen molar-refractivity contribution in [1.29, 1.82) is 5.26 Å². The molecule has 1 saturated carbocycles. The topological polar surface area (TPSA) is 52.9 Å². The lowest BCUT2D eigenvalue weighted by molar-refractivity contribution is -0.130. The standard InChI is InChI=1S/C19H17FN2O/c20-17-4-1-3-16(11-17)19(9-2-10-19)18(23)22-13-15-7-5-14(12-21)6-8-15/h1,3-8,11H,2,9-10,13H2,(H,22,23). The highest BCUT2D eigenvalue weighted by molar-refractivity contribution is 5.89. The highest BCUT2D eigenvalue weighted by Crippen LogP contribution is 2.44. The van der Waals surface area contributed by atoms with Crippen LogP contribution in [0.3, 0.4) is 0 Å². The van der Waals surface area contributed by atoms with Crippen LogP contribution in [0.4, 0.5) is 4.39 Å². The van der Waals surface area contributed by atoms with Gasteiger partial charge in [0, 0.05) is 6.54 Å². The summed E-state index contributed by atoms with van der Waals surface area (Å²) in [4.78, 5) is 12.7. The molecule has 4 heteroatoms. The quantitative estimate of drug-likeness (QED) is 0.940. The van der Waals surface area contributed by atoms with E-state index < -0.39 is 5.41 Å². The summed E-state index contributed by atoms with van der Waals surface area (Å²) < 4.78 is 13.5. The lowest BCUT2D eigenvalue weighted by atomic mass is 9.64. The fraction of sp³-hybridized carbons (Fsp3) is 0.263. The number of carbonyl (C=O) groups excluding carboxylic acids is 1. The predicted molar refractivity (Wildman–Crippen MR) is 84.9 cm³/mol. The van der Waals surface area contributed by atoms with Gasteiger partial charge < -0.3 is 5.32 Å². The van der Waals surface area contributed by atoms with E-state index in [9.17, 15) is 9.18 Å². The molecule has 1 aliphatic rings. The Morgan fingerprint density at radius 1 is 1.22 bits per heavy atom. The van der Waals surface area contributed by atoms with E-state index in [4.69, 9.17) is 5.26 Å². The summed E-state index contributed by atoms with van der Waals surface area (Å²) in [5, 5.41) is 11.7. The highest BCUT2D eigenvalue weighted by atomic mass is 19.1. The number of nitrogens with zero attached hydrogens (tertiary/aromatic N) is 1. The van der Waals surface area contributed by atoms with Crippen molar-refractivity contribution in [1.82, 2.24) is 5.32 Å². The molecular formula is C19H17FN2O. The van der Waals surface area contributed by atoms with Gasteiger partial charge in [-0.1, -0.05) is 30.7 Å². The van der Waals surface area contributed by atoms with Gasteiger partial charge in [-0.15, -0.1) is 0 Å². The van der Waals surface area contributed by atoms with Crippen LogP contribution >= 0.6 is 0 Å². The van der Waals surface area contributed by atoms with E-state index in [-0.39, 0.29) is 11.7 Å². The smallest absolute Gasteiger partial charge is 0.230 e. The molecule has 2 aromatic rings. The molecule has 0 bridgehead atoms. The Morgan fingerprint density at radius 3 is 2.52 bits per heavy atom. The van der Waals surface area contributed by atoms with Crippen molar-refractivity contribution in [3.8, 4) is 6.07 Å². The van der Waals surface area contributed by atoms with Crippen molar-refractivity contribution < 1.29 is 9.18 Å². The number of amides is 1. The number of benzene rings is 2. The molecule has 0 aromatic heterocycles. The first kappa shape index (κ1) is 15.2. The molecular weight excluding hydrogens is 291 g/mol. The van der Waals surface area contributed by atoms with E-state index in [0.717, 1.165) is 30.4 Å². The molecule has 1 fully saturated rings. The lowest BCUT2D eigenvalue weighted by Gasteiger charge is -2.40. The third-order valence-electron chi connectivity index (χ3n) is 4.56. The molecule has 0 aliphatic heterocycles. The molecule has 1 amide bonds. The maximum atomic E-state index is 13.5. The van der Waals surface area contributed by atoms with Crippen LogP contribution in [0.25, 0.3) is 0 Å². The van der Waals surface area contributed by atoms with Crippen LogP contribution in [0.1, 0.15) is 36.0 Å². The van der Waals surface area contributed by atoms with Crippen molar-refractivity contribution in [3.05, 3.63) is 71.0 Å². The molecule has 23 heavy (non-hydrogen) atoms. The second-order valence-electron chi connectivity index (χ2n) is 5.94. The number of nitriles is 1. The average molecular weight is 308 g/mol. The Kier molecular flexibility index (Phi) is 4.12. The van der Waals surface area contributed by atoms with Crippen LogP contribution in [0.15, 0.2) is 48.5 Å². The van der Waals surface area contributed by atoms with Gasteiger partial charge in [0.05, 0.1) is 17.0 Å². The molecule has 116 valence electrons. The summed E-state index contributed by atoms with van der Waals surface area (Å²) in [7, 11) is 0. The van der Waals surface area contributed by atoms with E-state index >= 15 is 0 Å². The fourth-order valence-corrected chi connectivity index (χ4v) is 3.01. The van der Waals surface area contributed by atoms with Crippen molar-refractivity contribution >= 4 is 5.91 Å². The Labute approximate surface area is 134 Å². The molecule has 0 radical (unpaired) electrons. The van der Waals surface area contributed by atoms with Gasteiger partial charge in [0.25, 0.3) is 0 Å². The van der Waals surface area contributed by atoms with Crippen LogP contribution in [0, 0.1) is 17.1 Å². The van der Waals surface area contributed by atoms with Crippen molar-refractivity contribution in [2.24, 2.45) is 0 Å². The zero-order chi connectivity index (χ0) is 16.3. The Morgan fingerprint density at radius 2 is 1.96 bits per heavy atom. The first-order valence-electron chi connectivity index (χ1n) is 7.67. The Balaban J connectivity index is 1.72. The van der Waals surface area contributed by atoms with E-state index in [0.29, 0.717) is 12.1 Å². The summed E-state index contributed by atoms with van der Waals surface area (Å²) in [6.07, 6.45) is 2.46.